The van der Waals surface area contributed by atoms with Crippen LogP contribution >= 0.6 is 0 Å². The molecule has 1 fully saturated rings. The van der Waals surface area contributed by atoms with Crippen molar-refractivity contribution in [1.29, 1.82) is 0 Å². The number of nitrogens with one attached hydrogen (secondary N) is 1. The van der Waals surface area contributed by atoms with Crippen LogP contribution in [0.15, 0.2) is 54.7 Å². The zero-order valence-corrected chi connectivity index (χ0v) is 17.0. The third-order valence-electron chi connectivity index (χ3n) is 5.07. The summed E-state index contributed by atoms with van der Waals surface area (Å²) in [5.41, 5.74) is 2.06. The molecule has 0 atom stereocenters. The normalized spacial score (nSPS) is 16.0. The lowest BCUT2D eigenvalue weighted by molar-refractivity contribution is -0.116. The van der Waals surface area contributed by atoms with Crippen LogP contribution in [0.25, 0.3) is 10.9 Å². The Morgan fingerprint density at radius 2 is 1.97 bits per heavy atom. The third-order valence-corrected chi connectivity index (χ3v) is 6.94. The Kier molecular flexibility index (Phi) is 5.19. The maximum absolute atomic E-state index is 12.6. The molecule has 1 aromatic heterocycles. The monoisotopic (exact) mass is 413 g/mol. The minimum atomic E-state index is -3.29. The SMILES string of the molecule is COc1cccc2c1ccn2CC(=O)Nc1cccc(N2CCCCS2(=O)=O)c1. The average Bonchev–Trinajstić information content (AvgIpc) is 3.10. The zero-order chi connectivity index (χ0) is 20.4. The molecule has 1 aliphatic rings. The second-order valence-electron chi connectivity index (χ2n) is 7.03. The van der Waals surface area contributed by atoms with Crippen LogP contribution in [-0.2, 0) is 21.4 Å². The Hall–Kier alpha value is -3.00. The Balaban J connectivity index is 1.51. The second kappa shape index (κ2) is 7.79. The molecule has 2 heterocycles. The van der Waals surface area contributed by atoms with E-state index >= 15 is 0 Å². The van der Waals surface area contributed by atoms with Gasteiger partial charge in [0.1, 0.15) is 12.3 Å². The van der Waals surface area contributed by atoms with Gasteiger partial charge in [-0.1, -0.05) is 12.1 Å². The number of fused-ring (bicyclic) bond motifs is 1. The highest BCUT2D eigenvalue weighted by atomic mass is 32.2. The van der Waals surface area contributed by atoms with Gasteiger partial charge in [-0.25, -0.2) is 8.42 Å². The van der Waals surface area contributed by atoms with Gasteiger partial charge in [0, 0.05) is 23.8 Å². The third kappa shape index (κ3) is 3.93. The number of carbonyl (C=O) groups excluding carboxylic acids is 1. The van der Waals surface area contributed by atoms with Gasteiger partial charge in [0.15, 0.2) is 0 Å². The number of ether oxygens (including phenoxy) is 1. The molecule has 1 amide bonds. The van der Waals surface area contributed by atoms with Crippen molar-refractivity contribution >= 4 is 38.2 Å². The van der Waals surface area contributed by atoms with Crippen molar-refractivity contribution in [2.75, 3.05) is 29.0 Å². The maximum Gasteiger partial charge on any atom is 0.244 e. The molecule has 8 heteroatoms. The summed E-state index contributed by atoms with van der Waals surface area (Å²) in [4.78, 5) is 12.6. The summed E-state index contributed by atoms with van der Waals surface area (Å²) in [7, 11) is -1.67. The molecule has 1 saturated heterocycles. The molecule has 4 rings (SSSR count). The molecule has 0 aliphatic carbocycles. The predicted molar refractivity (Wildman–Crippen MR) is 114 cm³/mol. The van der Waals surface area contributed by atoms with E-state index in [1.165, 1.54) is 4.31 Å². The number of aromatic nitrogens is 1. The highest BCUT2D eigenvalue weighted by Crippen LogP contribution is 2.27. The fourth-order valence-corrected chi connectivity index (χ4v) is 5.32. The lowest BCUT2D eigenvalue weighted by Crippen LogP contribution is -2.37. The molecule has 0 unspecified atom stereocenters. The summed E-state index contributed by atoms with van der Waals surface area (Å²) in [5, 5.41) is 3.81. The average molecular weight is 413 g/mol. The predicted octanol–water partition coefficient (Wildman–Crippen LogP) is 3.22. The van der Waals surface area contributed by atoms with Crippen molar-refractivity contribution in [2.45, 2.75) is 19.4 Å². The molecule has 1 N–H and O–H groups in total. The van der Waals surface area contributed by atoms with Gasteiger partial charge in [0.2, 0.25) is 15.9 Å². The van der Waals surface area contributed by atoms with Gasteiger partial charge >= 0.3 is 0 Å². The van der Waals surface area contributed by atoms with Crippen LogP contribution in [0.1, 0.15) is 12.8 Å². The van der Waals surface area contributed by atoms with E-state index in [0.29, 0.717) is 24.3 Å². The van der Waals surface area contributed by atoms with Crippen molar-refractivity contribution < 1.29 is 17.9 Å². The molecule has 0 saturated carbocycles. The molecular weight excluding hydrogens is 390 g/mol. The van der Waals surface area contributed by atoms with E-state index in [1.54, 1.807) is 31.4 Å². The van der Waals surface area contributed by atoms with Crippen molar-refractivity contribution in [1.82, 2.24) is 4.57 Å². The van der Waals surface area contributed by atoms with Gasteiger partial charge in [-0.2, -0.15) is 0 Å². The van der Waals surface area contributed by atoms with Crippen molar-refractivity contribution in [3.63, 3.8) is 0 Å². The van der Waals surface area contributed by atoms with E-state index < -0.39 is 10.0 Å². The van der Waals surface area contributed by atoms with E-state index in [2.05, 4.69) is 5.32 Å². The van der Waals surface area contributed by atoms with E-state index in [1.807, 2.05) is 35.0 Å². The van der Waals surface area contributed by atoms with Gasteiger partial charge in [-0.05, 0) is 49.2 Å². The van der Waals surface area contributed by atoms with Crippen LogP contribution in [0.4, 0.5) is 11.4 Å². The van der Waals surface area contributed by atoms with Crippen molar-refractivity contribution in [3.8, 4) is 5.75 Å². The number of rotatable bonds is 5. The van der Waals surface area contributed by atoms with Gasteiger partial charge < -0.3 is 14.6 Å². The number of methoxy groups -OCH3 is 1. The van der Waals surface area contributed by atoms with Gasteiger partial charge in [-0.3, -0.25) is 9.10 Å². The van der Waals surface area contributed by atoms with Crippen LogP contribution < -0.4 is 14.4 Å². The molecule has 1 aliphatic heterocycles. The summed E-state index contributed by atoms with van der Waals surface area (Å²) < 4.78 is 33.3. The number of hydrogen-bond acceptors (Lipinski definition) is 4. The molecule has 152 valence electrons. The van der Waals surface area contributed by atoms with Crippen LogP contribution in [-0.4, -0.2) is 38.3 Å². The fraction of sp³-hybridized carbons (Fsp3) is 0.286. The molecule has 0 radical (unpaired) electrons. The Morgan fingerprint density at radius 3 is 2.76 bits per heavy atom. The minimum Gasteiger partial charge on any atom is -0.496 e. The minimum absolute atomic E-state index is 0.142. The molecule has 7 nitrogen and oxygen atoms in total. The molecule has 0 bridgehead atoms. The summed E-state index contributed by atoms with van der Waals surface area (Å²) in [6.07, 6.45) is 3.37. The fourth-order valence-electron chi connectivity index (χ4n) is 3.68. The summed E-state index contributed by atoms with van der Waals surface area (Å²) >= 11 is 0. The van der Waals surface area contributed by atoms with E-state index in [4.69, 9.17) is 4.74 Å². The number of sulfonamides is 1. The standard InChI is InChI=1S/C21H23N3O4S/c1-28-20-9-5-8-19-18(20)10-12-23(19)15-21(25)22-16-6-4-7-17(14-16)24-11-2-3-13-29(24,26)27/h4-10,12,14H,2-3,11,13,15H2,1H3,(H,22,25). The van der Waals surface area contributed by atoms with Gasteiger partial charge in [-0.15, -0.1) is 0 Å². The zero-order valence-electron chi connectivity index (χ0n) is 16.2. The van der Waals surface area contributed by atoms with E-state index in [-0.39, 0.29) is 18.2 Å². The molecule has 3 aromatic rings. The molecule has 2 aromatic carbocycles. The first kappa shape index (κ1) is 19.3. The van der Waals surface area contributed by atoms with Crippen LogP contribution in [0.3, 0.4) is 0 Å². The van der Waals surface area contributed by atoms with Gasteiger partial charge in [0.05, 0.1) is 24.1 Å². The Morgan fingerprint density at radius 1 is 1.14 bits per heavy atom. The van der Waals surface area contributed by atoms with Crippen molar-refractivity contribution in [3.05, 3.63) is 54.7 Å². The van der Waals surface area contributed by atoms with E-state index in [9.17, 15) is 13.2 Å². The largest absolute Gasteiger partial charge is 0.496 e. The first-order valence-electron chi connectivity index (χ1n) is 9.50. The number of nitrogens with zero attached hydrogens (tertiary/aromatic N) is 2. The number of amides is 1. The van der Waals surface area contributed by atoms with Crippen molar-refractivity contribution in [2.24, 2.45) is 0 Å². The number of hydrogen-bond donors (Lipinski definition) is 1. The highest BCUT2D eigenvalue weighted by Gasteiger charge is 2.26. The van der Waals surface area contributed by atoms with E-state index in [0.717, 1.165) is 23.1 Å². The lowest BCUT2D eigenvalue weighted by Gasteiger charge is -2.28. The van der Waals surface area contributed by atoms with Crippen LogP contribution in [0.2, 0.25) is 0 Å². The van der Waals surface area contributed by atoms with Gasteiger partial charge in [0.25, 0.3) is 0 Å². The summed E-state index contributed by atoms with van der Waals surface area (Å²) in [6.45, 7) is 0.611. The lowest BCUT2D eigenvalue weighted by atomic mass is 10.2. The Bertz CT molecular complexity index is 1150. The first-order chi connectivity index (χ1) is 14.0. The topological polar surface area (TPSA) is 80.6 Å². The molecule has 29 heavy (non-hydrogen) atoms. The Labute approximate surface area is 169 Å². The summed E-state index contributed by atoms with van der Waals surface area (Å²) in [5.74, 6) is 0.731. The number of anilines is 2. The van der Waals surface area contributed by atoms with Crippen LogP contribution in [0.5, 0.6) is 5.75 Å². The smallest absolute Gasteiger partial charge is 0.244 e. The highest BCUT2D eigenvalue weighted by molar-refractivity contribution is 7.92. The molecular formula is C21H23N3O4S. The second-order valence-corrected chi connectivity index (χ2v) is 9.04. The first-order valence-corrected chi connectivity index (χ1v) is 11.1. The number of benzene rings is 2. The van der Waals surface area contributed by atoms with Crippen LogP contribution in [0, 0.1) is 0 Å². The quantitative estimate of drug-likeness (QED) is 0.696. The molecule has 0 spiro atoms. The maximum atomic E-state index is 12.6. The summed E-state index contributed by atoms with van der Waals surface area (Å²) in [6, 6.07) is 14.6. The number of carbonyl (C=O) groups is 1.